The van der Waals surface area contributed by atoms with E-state index in [1.807, 2.05) is 0 Å². The van der Waals surface area contributed by atoms with Crippen molar-refractivity contribution in [3.63, 3.8) is 0 Å². The molecule has 0 N–H and O–H groups in total. The van der Waals surface area contributed by atoms with Gasteiger partial charge in [-0.05, 0) is 40.5 Å². The third kappa shape index (κ3) is 2.89. The van der Waals surface area contributed by atoms with Gasteiger partial charge in [-0.25, -0.2) is 0 Å². The fourth-order valence-corrected chi connectivity index (χ4v) is 3.06. The Morgan fingerprint density at radius 3 is 2.64 bits per heavy atom. The van der Waals surface area contributed by atoms with Gasteiger partial charge in [0.1, 0.15) is 0 Å². The number of benzene rings is 1. The molecule has 2 heteroatoms. The predicted molar refractivity (Wildman–Crippen MR) is 55.2 cm³/mol. The van der Waals surface area contributed by atoms with Crippen LogP contribution in [0.4, 0.5) is 0 Å². The molecule has 0 atom stereocenters. The summed E-state index contributed by atoms with van der Waals surface area (Å²) in [4.78, 5) is 0. The molecule has 0 aliphatic heterocycles. The van der Waals surface area contributed by atoms with Gasteiger partial charge in [-0.15, -0.1) is 0 Å². The van der Waals surface area contributed by atoms with E-state index in [1.165, 1.54) is 33.6 Å². The summed E-state index contributed by atoms with van der Waals surface area (Å²) in [5, 5.41) is 1.47. The topological polar surface area (TPSA) is 0 Å². The standard InChI is InChI=1S/C9H12P2/c1-3-10-11-9-7-5-4-6-8(9)2/h4-7H,3H2,1-2H3. The highest BCUT2D eigenvalue weighted by atomic mass is 32.0. The molecule has 0 amide bonds. The lowest BCUT2D eigenvalue weighted by Gasteiger charge is -2.01. The van der Waals surface area contributed by atoms with E-state index in [4.69, 9.17) is 0 Å². The molecule has 0 saturated carbocycles. The molecule has 0 fully saturated rings. The van der Waals surface area contributed by atoms with Crippen molar-refractivity contribution in [3.05, 3.63) is 29.8 Å². The van der Waals surface area contributed by atoms with Crippen LogP contribution in [0.25, 0.3) is 0 Å². The van der Waals surface area contributed by atoms with Crippen LogP contribution in [0.2, 0.25) is 0 Å². The monoisotopic (exact) mass is 182 g/mol. The van der Waals surface area contributed by atoms with Gasteiger partial charge in [0.15, 0.2) is 0 Å². The SMILES string of the molecule is CC[P][P]c1ccccc1C. The molecule has 0 heterocycles. The molecule has 0 aliphatic carbocycles. The Morgan fingerprint density at radius 1 is 1.27 bits per heavy atom. The summed E-state index contributed by atoms with van der Waals surface area (Å²) in [6.07, 6.45) is 1.25. The number of hydrogen-bond donors (Lipinski definition) is 0. The summed E-state index contributed by atoms with van der Waals surface area (Å²) >= 11 is 0. The van der Waals surface area contributed by atoms with E-state index >= 15 is 0 Å². The van der Waals surface area contributed by atoms with Gasteiger partial charge < -0.3 is 0 Å². The maximum Gasteiger partial charge on any atom is -0.0106 e. The van der Waals surface area contributed by atoms with E-state index in [2.05, 4.69) is 38.1 Å². The van der Waals surface area contributed by atoms with Crippen molar-refractivity contribution in [3.8, 4) is 0 Å². The Hall–Kier alpha value is 0.0800. The summed E-state index contributed by atoms with van der Waals surface area (Å²) in [7, 11) is 2.95. The molecule has 1 rings (SSSR count). The first-order valence-electron chi connectivity index (χ1n) is 3.77. The molecule has 0 saturated heterocycles. The number of aryl methyl sites for hydroxylation is 1. The van der Waals surface area contributed by atoms with Gasteiger partial charge in [-0.2, -0.15) is 0 Å². The van der Waals surface area contributed by atoms with E-state index in [9.17, 15) is 0 Å². The van der Waals surface area contributed by atoms with Crippen molar-refractivity contribution in [1.29, 1.82) is 0 Å². The lowest BCUT2D eigenvalue weighted by Crippen LogP contribution is -1.95. The van der Waals surface area contributed by atoms with Crippen molar-refractivity contribution in [1.82, 2.24) is 0 Å². The Kier molecular flexibility index (Phi) is 4.05. The van der Waals surface area contributed by atoms with E-state index in [0.717, 1.165) is 0 Å². The second kappa shape index (κ2) is 4.86. The molecular formula is C9H12P2. The summed E-state index contributed by atoms with van der Waals surface area (Å²) in [6, 6.07) is 8.59. The highest BCUT2D eigenvalue weighted by Crippen LogP contribution is 2.35. The summed E-state index contributed by atoms with van der Waals surface area (Å²) < 4.78 is 0. The first-order valence-corrected chi connectivity index (χ1v) is 6.45. The Balaban J connectivity index is 2.62. The van der Waals surface area contributed by atoms with E-state index < -0.39 is 0 Å². The minimum absolute atomic E-state index is 1.25. The first-order chi connectivity index (χ1) is 5.34. The maximum absolute atomic E-state index is 2.22. The highest BCUT2D eigenvalue weighted by molar-refractivity contribution is 8.15. The molecule has 0 aliphatic rings. The van der Waals surface area contributed by atoms with E-state index in [1.54, 1.807) is 0 Å². The lowest BCUT2D eigenvalue weighted by atomic mass is 10.2. The van der Waals surface area contributed by atoms with Crippen molar-refractivity contribution >= 4 is 21.8 Å². The lowest BCUT2D eigenvalue weighted by molar-refractivity contribution is 1.52. The molecule has 0 aromatic heterocycles. The van der Waals surface area contributed by atoms with Gasteiger partial charge in [-0.1, -0.05) is 31.2 Å². The van der Waals surface area contributed by atoms with Crippen LogP contribution in [-0.4, -0.2) is 6.16 Å². The van der Waals surface area contributed by atoms with Crippen molar-refractivity contribution < 1.29 is 0 Å². The second-order valence-corrected chi connectivity index (χ2v) is 5.39. The Morgan fingerprint density at radius 2 is 2.00 bits per heavy atom. The fourth-order valence-electron chi connectivity index (χ4n) is 0.823. The zero-order valence-corrected chi connectivity index (χ0v) is 8.70. The number of rotatable bonds is 3. The molecule has 1 aromatic carbocycles. The zero-order valence-electron chi connectivity index (χ0n) is 6.91. The normalized spacial score (nSPS) is 12.2. The first kappa shape index (κ1) is 9.17. The maximum atomic E-state index is 2.22. The average Bonchev–Trinajstić information content (AvgIpc) is 2.03. The largest absolute Gasteiger partial charge is 0.0620 e. The van der Waals surface area contributed by atoms with E-state index in [0.29, 0.717) is 0 Å². The minimum atomic E-state index is 1.25. The van der Waals surface area contributed by atoms with Crippen LogP contribution in [0.5, 0.6) is 0 Å². The highest BCUT2D eigenvalue weighted by Gasteiger charge is 1.95. The molecule has 0 nitrogen and oxygen atoms in total. The van der Waals surface area contributed by atoms with Crippen LogP contribution in [0.3, 0.4) is 0 Å². The van der Waals surface area contributed by atoms with Crippen LogP contribution in [0.15, 0.2) is 24.3 Å². The Bertz CT molecular complexity index is 221. The molecule has 1 aromatic rings. The van der Waals surface area contributed by atoms with Crippen LogP contribution < -0.4 is 5.30 Å². The summed E-state index contributed by atoms with van der Waals surface area (Å²) in [5.74, 6) is 0. The van der Waals surface area contributed by atoms with Gasteiger partial charge in [0.2, 0.25) is 0 Å². The molecule has 2 radical (unpaired) electrons. The van der Waals surface area contributed by atoms with E-state index in [-0.39, 0.29) is 0 Å². The number of hydrogen-bond acceptors (Lipinski definition) is 0. The third-order valence-electron chi connectivity index (χ3n) is 1.44. The van der Waals surface area contributed by atoms with Gasteiger partial charge in [-0.3, -0.25) is 0 Å². The molecular weight excluding hydrogens is 170 g/mol. The van der Waals surface area contributed by atoms with Crippen LogP contribution >= 0.6 is 16.5 Å². The second-order valence-electron chi connectivity index (χ2n) is 2.34. The van der Waals surface area contributed by atoms with Crippen LogP contribution in [0, 0.1) is 6.92 Å². The third-order valence-corrected chi connectivity index (χ3v) is 4.50. The quantitative estimate of drug-likeness (QED) is 0.628. The molecule has 0 bridgehead atoms. The molecule has 58 valence electrons. The van der Waals surface area contributed by atoms with Gasteiger partial charge in [0.25, 0.3) is 0 Å². The van der Waals surface area contributed by atoms with Gasteiger partial charge >= 0.3 is 0 Å². The predicted octanol–water partition coefficient (Wildman–Crippen LogP) is 3.45. The summed E-state index contributed by atoms with van der Waals surface area (Å²) in [5.41, 5.74) is 1.41. The summed E-state index contributed by atoms with van der Waals surface area (Å²) in [6.45, 7) is 4.39. The van der Waals surface area contributed by atoms with Gasteiger partial charge in [0.05, 0.1) is 0 Å². The zero-order chi connectivity index (χ0) is 8.10. The van der Waals surface area contributed by atoms with Crippen LogP contribution in [0.1, 0.15) is 12.5 Å². The smallest absolute Gasteiger partial charge is 0.0106 e. The van der Waals surface area contributed by atoms with Crippen molar-refractivity contribution in [2.24, 2.45) is 0 Å². The average molecular weight is 182 g/mol. The Labute approximate surface area is 72.3 Å². The van der Waals surface area contributed by atoms with Gasteiger partial charge in [0, 0.05) is 0 Å². The molecule has 11 heavy (non-hydrogen) atoms. The fraction of sp³-hybridized carbons (Fsp3) is 0.333. The van der Waals surface area contributed by atoms with Crippen molar-refractivity contribution in [2.45, 2.75) is 13.8 Å². The molecule has 0 spiro atoms. The minimum Gasteiger partial charge on any atom is -0.0620 e. The van der Waals surface area contributed by atoms with Crippen molar-refractivity contribution in [2.75, 3.05) is 6.16 Å². The molecule has 0 unspecified atom stereocenters. The van der Waals surface area contributed by atoms with Crippen LogP contribution in [-0.2, 0) is 0 Å².